The number of hydrogen-bond acceptors (Lipinski definition) is 2. The number of anilines is 3. The Morgan fingerprint density at radius 3 is 1.71 bits per heavy atom. The molecule has 0 saturated heterocycles. The van der Waals surface area contributed by atoms with Crippen molar-refractivity contribution in [3.63, 3.8) is 0 Å². The highest BCUT2D eigenvalue weighted by molar-refractivity contribution is 6.10. The van der Waals surface area contributed by atoms with E-state index in [4.69, 9.17) is 4.42 Å². The van der Waals surface area contributed by atoms with Gasteiger partial charge in [0.1, 0.15) is 11.2 Å². The molecule has 2 heterocycles. The lowest BCUT2D eigenvalue weighted by Gasteiger charge is -2.27. The number of furan rings is 1. The molecular formula is C49H34N2O. The van der Waals surface area contributed by atoms with Gasteiger partial charge in [-0.2, -0.15) is 0 Å². The van der Waals surface area contributed by atoms with Crippen molar-refractivity contribution in [2.45, 2.75) is 6.92 Å². The molecule has 0 fully saturated rings. The van der Waals surface area contributed by atoms with Gasteiger partial charge in [-0.1, -0.05) is 121 Å². The highest BCUT2D eigenvalue weighted by Crippen LogP contribution is 2.42. The van der Waals surface area contributed by atoms with Crippen LogP contribution in [0, 0.1) is 6.92 Å². The monoisotopic (exact) mass is 666 g/mol. The quantitative estimate of drug-likeness (QED) is 0.176. The predicted molar refractivity (Wildman–Crippen MR) is 218 cm³/mol. The van der Waals surface area contributed by atoms with Crippen LogP contribution in [0.4, 0.5) is 17.1 Å². The van der Waals surface area contributed by atoms with Crippen molar-refractivity contribution in [1.82, 2.24) is 4.57 Å². The van der Waals surface area contributed by atoms with Gasteiger partial charge in [0.25, 0.3) is 0 Å². The van der Waals surface area contributed by atoms with E-state index >= 15 is 0 Å². The maximum absolute atomic E-state index is 6.50. The molecule has 10 rings (SSSR count). The number of aryl methyl sites for hydroxylation is 1. The van der Waals surface area contributed by atoms with Crippen molar-refractivity contribution in [2.24, 2.45) is 0 Å². The molecule has 0 aliphatic heterocycles. The van der Waals surface area contributed by atoms with Crippen molar-refractivity contribution in [1.29, 1.82) is 0 Å². The number of rotatable bonds is 6. The van der Waals surface area contributed by atoms with Gasteiger partial charge >= 0.3 is 0 Å². The first-order valence-corrected chi connectivity index (χ1v) is 17.8. The molecule has 8 aromatic carbocycles. The normalized spacial score (nSPS) is 11.6. The van der Waals surface area contributed by atoms with Gasteiger partial charge in [-0.15, -0.1) is 0 Å². The van der Waals surface area contributed by atoms with Crippen molar-refractivity contribution < 1.29 is 4.42 Å². The summed E-state index contributed by atoms with van der Waals surface area (Å²) in [6, 6.07) is 67.3. The van der Waals surface area contributed by atoms with Crippen LogP contribution in [0.25, 0.3) is 71.7 Å². The minimum Gasteiger partial charge on any atom is -0.455 e. The molecule has 3 nitrogen and oxygen atoms in total. The molecule has 0 saturated carbocycles. The molecular weight excluding hydrogens is 633 g/mol. The van der Waals surface area contributed by atoms with Crippen LogP contribution in [-0.4, -0.2) is 4.57 Å². The molecule has 0 N–H and O–H groups in total. The zero-order chi connectivity index (χ0) is 34.6. The van der Waals surface area contributed by atoms with Gasteiger partial charge in [0.2, 0.25) is 0 Å². The molecule has 2 aromatic heterocycles. The second-order valence-electron chi connectivity index (χ2n) is 13.5. The van der Waals surface area contributed by atoms with E-state index in [0.717, 1.165) is 55.8 Å². The third-order valence-corrected chi connectivity index (χ3v) is 10.2. The van der Waals surface area contributed by atoms with E-state index in [9.17, 15) is 0 Å². The Labute approximate surface area is 302 Å². The Balaban J connectivity index is 1.13. The lowest BCUT2D eigenvalue weighted by Crippen LogP contribution is -2.10. The third kappa shape index (κ3) is 4.98. The second kappa shape index (κ2) is 12.2. The molecule has 0 spiro atoms. The SMILES string of the molecule is Cc1cc(-c2cccc3c2oc2ccccc23)cc(N(c2ccc(-c3ccccc3)cc2)c2ccc(-n3c4ccccc4c4ccccc43)cc2)c1. The Kier molecular flexibility index (Phi) is 7.04. The Bertz CT molecular complexity index is 2840. The van der Waals surface area contributed by atoms with Crippen LogP contribution in [0.1, 0.15) is 5.56 Å². The number of para-hydroxylation sites is 4. The van der Waals surface area contributed by atoms with Crippen molar-refractivity contribution >= 4 is 60.8 Å². The predicted octanol–water partition coefficient (Wildman–Crippen LogP) is 13.8. The summed E-state index contributed by atoms with van der Waals surface area (Å²) in [6.07, 6.45) is 0. The fraction of sp³-hybridized carbons (Fsp3) is 0.0204. The number of nitrogens with zero attached hydrogens (tertiary/aromatic N) is 2. The summed E-state index contributed by atoms with van der Waals surface area (Å²) in [6.45, 7) is 2.17. The lowest BCUT2D eigenvalue weighted by molar-refractivity contribution is 0.670. The average Bonchev–Trinajstić information content (AvgIpc) is 3.75. The summed E-state index contributed by atoms with van der Waals surface area (Å²) >= 11 is 0. The van der Waals surface area contributed by atoms with Crippen LogP contribution >= 0.6 is 0 Å². The summed E-state index contributed by atoms with van der Waals surface area (Å²) < 4.78 is 8.86. The van der Waals surface area contributed by atoms with Crippen molar-refractivity contribution in [3.8, 4) is 27.9 Å². The molecule has 3 heteroatoms. The zero-order valence-electron chi connectivity index (χ0n) is 28.7. The summed E-state index contributed by atoms with van der Waals surface area (Å²) in [5.41, 5.74) is 14.4. The van der Waals surface area contributed by atoms with Crippen LogP contribution in [0.5, 0.6) is 0 Å². The summed E-state index contributed by atoms with van der Waals surface area (Å²) in [7, 11) is 0. The summed E-state index contributed by atoms with van der Waals surface area (Å²) in [4.78, 5) is 2.36. The van der Waals surface area contributed by atoms with E-state index < -0.39 is 0 Å². The van der Waals surface area contributed by atoms with Gasteiger partial charge in [-0.05, 0) is 95.9 Å². The van der Waals surface area contributed by atoms with Crippen LogP contribution in [0.2, 0.25) is 0 Å². The lowest BCUT2D eigenvalue weighted by atomic mass is 9.99. The average molecular weight is 667 g/mol. The smallest absolute Gasteiger partial charge is 0.143 e. The van der Waals surface area contributed by atoms with Crippen molar-refractivity contribution in [2.75, 3.05) is 4.90 Å². The number of hydrogen-bond donors (Lipinski definition) is 0. The van der Waals surface area contributed by atoms with E-state index in [0.29, 0.717) is 0 Å². The van der Waals surface area contributed by atoms with E-state index in [2.05, 4.69) is 192 Å². The van der Waals surface area contributed by atoms with Crippen LogP contribution in [-0.2, 0) is 0 Å². The molecule has 0 aliphatic carbocycles. The van der Waals surface area contributed by atoms with Gasteiger partial charge < -0.3 is 13.9 Å². The van der Waals surface area contributed by atoms with Crippen molar-refractivity contribution in [3.05, 3.63) is 194 Å². The van der Waals surface area contributed by atoms with Gasteiger partial charge in [0.05, 0.1) is 11.0 Å². The first kappa shape index (κ1) is 30.0. The fourth-order valence-corrected chi connectivity index (χ4v) is 7.85. The third-order valence-electron chi connectivity index (χ3n) is 10.2. The largest absolute Gasteiger partial charge is 0.455 e. The van der Waals surface area contributed by atoms with Gasteiger partial charge in [0.15, 0.2) is 0 Å². The van der Waals surface area contributed by atoms with Crippen LogP contribution in [0.3, 0.4) is 0 Å². The highest BCUT2D eigenvalue weighted by atomic mass is 16.3. The minimum absolute atomic E-state index is 0.904. The molecule has 10 aromatic rings. The molecule has 0 amide bonds. The Morgan fingerprint density at radius 1 is 0.423 bits per heavy atom. The van der Waals surface area contributed by atoms with E-state index in [-0.39, 0.29) is 0 Å². The molecule has 0 unspecified atom stereocenters. The highest BCUT2D eigenvalue weighted by Gasteiger charge is 2.18. The second-order valence-corrected chi connectivity index (χ2v) is 13.5. The maximum Gasteiger partial charge on any atom is 0.143 e. The Morgan fingerprint density at radius 2 is 1.00 bits per heavy atom. The molecule has 0 atom stereocenters. The van der Waals surface area contributed by atoms with Gasteiger partial charge in [0, 0.05) is 49.9 Å². The number of aromatic nitrogens is 1. The van der Waals surface area contributed by atoms with Crippen LogP contribution in [0.15, 0.2) is 192 Å². The number of fused-ring (bicyclic) bond motifs is 6. The summed E-state index contributed by atoms with van der Waals surface area (Å²) in [5, 5.41) is 4.78. The first-order chi connectivity index (χ1) is 25.7. The van der Waals surface area contributed by atoms with E-state index in [1.54, 1.807) is 0 Å². The number of benzene rings is 8. The molecule has 52 heavy (non-hydrogen) atoms. The van der Waals surface area contributed by atoms with E-state index in [1.807, 2.05) is 12.1 Å². The molecule has 0 bridgehead atoms. The maximum atomic E-state index is 6.50. The van der Waals surface area contributed by atoms with Gasteiger partial charge in [-0.25, -0.2) is 0 Å². The molecule has 0 aliphatic rings. The molecule has 0 radical (unpaired) electrons. The fourth-order valence-electron chi connectivity index (χ4n) is 7.85. The Hall–Kier alpha value is -6.84. The summed E-state index contributed by atoms with van der Waals surface area (Å²) in [5.74, 6) is 0. The zero-order valence-corrected chi connectivity index (χ0v) is 28.7. The van der Waals surface area contributed by atoms with Gasteiger partial charge in [-0.3, -0.25) is 0 Å². The standard InChI is InChI=1S/C49H34N2O/c1-33-30-36(41-17-11-18-45-44-16-7-10-21-48(44)52-49(41)45)32-40(31-33)50(37-24-22-35(23-25-37)34-12-3-2-4-13-34)38-26-28-39(29-27-38)51-46-19-8-5-14-42(46)43-15-6-9-20-47(43)51/h2-32H,1H3. The minimum atomic E-state index is 0.904. The van der Waals surface area contributed by atoms with E-state index in [1.165, 1.54) is 38.5 Å². The molecule has 246 valence electrons. The first-order valence-electron chi connectivity index (χ1n) is 17.8. The topological polar surface area (TPSA) is 21.3 Å². The van der Waals surface area contributed by atoms with Crippen LogP contribution < -0.4 is 4.90 Å².